The maximum Gasteiger partial charge on any atom is 0.579 e. The molecule has 15 heteroatoms. The van der Waals surface area contributed by atoms with Crippen molar-refractivity contribution in [1.29, 1.82) is 5.26 Å². The smallest absolute Gasteiger partial charge is 0.441 e. The zero-order valence-corrected chi connectivity index (χ0v) is 21.4. The van der Waals surface area contributed by atoms with Gasteiger partial charge >= 0.3 is 18.5 Å². The summed E-state index contributed by atoms with van der Waals surface area (Å²) in [6, 6.07) is 11.4. The number of nitrogens with zero attached hydrogens (tertiary/aromatic N) is 3. The molecule has 0 fully saturated rings. The lowest BCUT2D eigenvalue weighted by molar-refractivity contribution is -0.275. The van der Waals surface area contributed by atoms with Crippen molar-refractivity contribution >= 4 is 11.4 Å². The van der Waals surface area contributed by atoms with E-state index in [0.29, 0.717) is 0 Å². The maximum atomic E-state index is 12.7. The number of alkyl halides is 6. The summed E-state index contributed by atoms with van der Waals surface area (Å²) in [5.74, 6) is -1.65. The van der Waals surface area contributed by atoms with Gasteiger partial charge in [-0.15, -0.1) is 36.0 Å². The van der Waals surface area contributed by atoms with Crippen molar-refractivity contribution in [2.24, 2.45) is 0 Å². The van der Waals surface area contributed by atoms with Gasteiger partial charge in [0.25, 0.3) is 5.88 Å². The number of hydrogen-bond acceptors (Lipinski definition) is 7. The summed E-state index contributed by atoms with van der Waals surface area (Å²) >= 11 is 0. The molecular formula is C28H13F6N5O4. The molecule has 0 unspecified atom stereocenters. The van der Waals surface area contributed by atoms with E-state index in [1.807, 2.05) is 6.07 Å². The van der Waals surface area contributed by atoms with Crippen LogP contribution in [0.15, 0.2) is 71.7 Å². The van der Waals surface area contributed by atoms with Gasteiger partial charge in [0.2, 0.25) is 5.88 Å². The summed E-state index contributed by atoms with van der Waals surface area (Å²) in [5, 5.41) is 15.3. The summed E-state index contributed by atoms with van der Waals surface area (Å²) < 4.78 is 96.3. The summed E-state index contributed by atoms with van der Waals surface area (Å²) in [4.78, 5) is 6.29. The number of ether oxygens (including phenoxy) is 4. The van der Waals surface area contributed by atoms with Gasteiger partial charge in [0.1, 0.15) is 24.6 Å². The number of allylic oxidation sites excluding steroid dienone is 1. The van der Waals surface area contributed by atoms with Gasteiger partial charge < -0.3 is 29.6 Å². The number of benzene rings is 3. The summed E-state index contributed by atoms with van der Waals surface area (Å²) in [5.41, 5.74) is 1.42. The van der Waals surface area contributed by atoms with E-state index in [9.17, 15) is 31.6 Å². The molecule has 3 aromatic carbocycles. The summed E-state index contributed by atoms with van der Waals surface area (Å²) in [6.07, 6.45) is -9.86. The third-order valence-corrected chi connectivity index (χ3v) is 5.97. The second kappa shape index (κ2) is 10.4. The van der Waals surface area contributed by atoms with Gasteiger partial charge in [0.15, 0.2) is 11.5 Å². The molecule has 2 heterocycles. The van der Waals surface area contributed by atoms with Crippen LogP contribution in [0.1, 0.15) is 6.92 Å². The molecule has 43 heavy (non-hydrogen) atoms. The highest BCUT2D eigenvalue weighted by atomic mass is 19.4. The first-order valence-corrected chi connectivity index (χ1v) is 11.8. The molecular weight excluding hydrogens is 584 g/mol. The van der Waals surface area contributed by atoms with E-state index in [1.54, 1.807) is 0 Å². The Kier molecular flexibility index (Phi) is 6.92. The molecule has 0 saturated carbocycles. The van der Waals surface area contributed by atoms with Crippen LogP contribution in [0.5, 0.6) is 23.0 Å². The summed E-state index contributed by atoms with van der Waals surface area (Å²) in [7, 11) is 0. The summed E-state index contributed by atoms with van der Waals surface area (Å²) in [6.45, 7) is 16.1. The quantitative estimate of drug-likeness (QED) is 0.178. The lowest BCUT2D eigenvalue weighted by Gasteiger charge is -2.17. The van der Waals surface area contributed by atoms with Crippen molar-refractivity contribution in [3.8, 4) is 51.3 Å². The molecule has 0 aliphatic carbocycles. The lowest BCUT2D eigenvalue weighted by atomic mass is 9.94. The number of rotatable bonds is 4. The van der Waals surface area contributed by atoms with Gasteiger partial charge in [0.05, 0.1) is 34.1 Å². The first-order valence-electron chi connectivity index (χ1n) is 11.8. The number of hydrogen-bond donors (Lipinski definition) is 2. The number of nitriles is 1. The second-order valence-electron chi connectivity index (χ2n) is 8.70. The molecule has 0 atom stereocenters. The highest BCUT2D eigenvalue weighted by molar-refractivity contribution is 6.05. The zero-order chi connectivity index (χ0) is 31.1. The van der Waals surface area contributed by atoms with E-state index in [4.69, 9.17) is 22.6 Å². The Labute approximate surface area is 238 Å². The van der Waals surface area contributed by atoms with E-state index in [1.165, 1.54) is 31.2 Å². The number of halogens is 6. The molecule has 0 bridgehead atoms. The van der Waals surface area contributed by atoms with Crippen molar-refractivity contribution in [1.82, 2.24) is 0 Å². The third-order valence-electron chi connectivity index (χ3n) is 5.97. The van der Waals surface area contributed by atoms with E-state index in [0.717, 1.165) is 24.3 Å². The maximum absolute atomic E-state index is 12.7. The van der Waals surface area contributed by atoms with Crippen LogP contribution in [0, 0.1) is 24.5 Å². The van der Waals surface area contributed by atoms with Gasteiger partial charge in [-0.1, -0.05) is 24.3 Å². The predicted octanol–water partition coefficient (Wildman–Crippen LogP) is 8.15. The van der Waals surface area contributed by atoms with Crippen LogP contribution in [0.4, 0.5) is 37.7 Å². The van der Waals surface area contributed by atoms with Gasteiger partial charge in [-0.05, 0) is 42.3 Å². The van der Waals surface area contributed by atoms with Crippen LogP contribution < -0.4 is 29.6 Å². The van der Waals surface area contributed by atoms with Crippen molar-refractivity contribution in [3.63, 3.8) is 0 Å². The topological polar surface area (TPSA) is 93.5 Å². The Morgan fingerprint density at radius 1 is 0.744 bits per heavy atom. The zero-order valence-electron chi connectivity index (χ0n) is 21.4. The molecule has 5 rings (SSSR count). The average molecular weight is 597 g/mol. The SMILES string of the molecule is [C-]#[N+]C([N+]#[C-])=C1Nc2c(c(-c3ccc(OC(F)(F)F)cc3)c3c(c2-c2ccc(OC(F)(F)F)cc2)O/C(=C(/C)C#N)N3)O1. The molecule has 0 saturated heterocycles. The Morgan fingerprint density at radius 2 is 1.14 bits per heavy atom. The third kappa shape index (κ3) is 5.62. The molecule has 0 radical (unpaired) electrons. The van der Waals surface area contributed by atoms with Crippen molar-refractivity contribution in [2.45, 2.75) is 19.6 Å². The largest absolute Gasteiger partial charge is 0.579 e. The number of fused-ring (bicyclic) bond motifs is 2. The minimum absolute atomic E-state index is 0.0106. The highest BCUT2D eigenvalue weighted by Crippen LogP contribution is 2.60. The molecule has 2 aliphatic heterocycles. The highest BCUT2D eigenvalue weighted by Gasteiger charge is 2.39. The molecule has 3 aromatic rings. The minimum Gasteiger partial charge on any atom is -0.441 e. The molecule has 9 nitrogen and oxygen atoms in total. The van der Waals surface area contributed by atoms with Gasteiger partial charge in [0, 0.05) is 0 Å². The standard InChI is InChI=1S/C28H13F6N5O4/c1-13(12-35)25-38-20-18(14-4-8-16(9-5-14)42-27(29,30)31)23-21(39-26(41-23)24(36-2)37-3)19(22(20)40-25)15-6-10-17(11-7-15)43-28(32,33)34/h4-11,38-39H,1H3/b25-13-. The monoisotopic (exact) mass is 597 g/mol. The second-order valence-corrected chi connectivity index (χ2v) is 8.70. The van der Waals surface area contributed by atoms with Crippen LogP contribution in [0.2, 0.25) is 0 Å². The number of nitrogens with one attached hydrogen (secondary N) is 2. The molecule has 0 aromatic heterocycles. The van der Waals surface area contributed by atoms with Crippen LogP contribution in [-0.4, -0.2) is 12.7 Å². The first-order chi connectivity index (χ1) is 20.3. The fraction of sp³-hybridized carbons (Fsp3) is 0.107. The van der Waals surface area contributed by atoms with Crippen LogP contribution in [-0.2, 0) is 0 Å². The Bertz CT molecular complexity index is 1710. The average Bonchev–Trinajstić information content (AvgIpc) is 3.56. The van der Waals surface area contributed by atoms with E-state index < -0.39 is 30.0 Å². The van der Waals surface area contributed by atoms with Gasteiger partial charge in [-0.3, -0.25) is 0 Å². The Morgan fingerprint density at radius 3 is 1.51 bits per heavy atom. The Balaban J connectivity index is 1.76. The van der Waals surface area contributed by atoms with Crippen molar-refractivity contribution < 1.29 is 45.3 Å². The fourth-order valence-corrected chi connectivity index (χ4v) is 4.28. The van der Waals surface area contributed by atoms with Gasteiger partial charge in [-0.25, -0.2) is 0 Å². The molecule has 0 spiro atoms. The normalized spacial score (nSPS) is 14.4. The van der Waals surface area contributed by atoms with Crippen molar-refractivity contribution in [3.05, 3.63) is 94.5 Å². The van der Waals surface area contributed by atoms with Crippen LogP contribution in [0.25, 0.3) is 31.9 Å². The molecule has 216 valence electrons. The predicted molar refractivity (Wildman–Crippen MR) is 138 cm³/mol. The molecule has 2 aliphatic rings. The lowest BCUT2D eigenvalue weighted by Crippen LogP contribution is -2.17. The van der Waals surface area contributed by atoms with E-state index in [-0.39, 0.29) is 62.5 Å². The van der Waals surface area contributed by atoms with Gasteiger partial charge in [-0.2, -0.15) is 5.26 Å². The molecule has 0 amide bonds. The van der Waals surface area contributed by atoms with Crippen LogP contribution >= 0.6 is 0 Å². The number of anilines is 2. The van der Waals surface area contributed by atoms with E-state index in [2.05, 4.69) is 29.8 Å². The minimum atomic E-state index is -4.93. The molecule has 2 N–H and O–H groups in total. The van der Waals surface area contributed by atoms with Crippen LogP contribution in [0.3, 0.4) is 0 Å². The van der Waals surface area contributed by atoms with E-state index >= 15 is 0 Å². The Hall–Kier alpha value is -6.01. The fourth-order valence-electron chi connectivity index (χ4n) is 4.28. The first kappa shape index (κ1) is 28.5. The van der Waals surface area contributed by atoms with Crippen molar-refractivity contribution in [2.75, 3.05) is 10.6 Å².